The van der Waals surface area contributed by atoms with Crippen molar-refractivity contribution < 1.29 is 9.31 Å². The lowest BCUT2D eigenvalue weighted by Gasteiger charge is -2.16. The number of hydrogen-bond donors (Lipinski definition) is 0. The smallest absolute Gasteiger partial charge is 0.292 e. The van der Waals surface area contributed by atoms with Gasteiger partial charge < -0.3 is 4.74 Å². The van der Waals surface area contributed by atoms with Gasteiger partial charge in [-0.2, -0.15) is 4.58 Å². The lowest BCUT2D eigenvalue weighted by molar-refractivity contribution is -0.476. The Morgan fingerprint density at radius 2 is 1.79 bits per heavy atom. The highest BCUT2D eigenvalue weighted by Gasteiger charge is 2.21. The lowest BCUT2D eigenvalue weighted by Crippen LogP contribution is -2.21. The molecular weight excluding hydrogens is 234 g/mol. The normalized spacial score (nSPS) is 13.5. The van der Waals surface area contributed by atoms with Crippen molar-refractivity contribution in [1.82, 2.24) is 0 Å². The molecule has 0 amide bonds. The number of ether oxygens (including phenoxy) is 1. The van der Waals surface area contributed by atoms with Gasteiger partial charge in [0, 0.05) is 11.6 Å². The molecule has 3 rings (SSSR count). The highest BCUT2D eigenvalue weighted by atomic mass is 16.5. The first kappa shape index (κ1) is 12.0. The molecule has 0 N–H and O–H groups in total. The summed E-state index contributed by atoms with van der Waals surface area (Å²) in [6.07, 6.45) is 2.18. The van der Waals surface area contributed by atoms with Crippen molar-refractivity contribution in [3.8, 4) is 5.75 Å². The third-order valence-electron chi connectivity index (χ3n) is 3.52. The minimum Gasteiger partial charge on any atom is -0.435 e. The van der Waals surface area contributed by atoms with Crippen LogP contribution < -0.4 is 4.74 Å². The summed E-state index contributed by atoms with van der Waals surface area (Å²) in [5.41, 5.74) is 6.09. The fraction of sp³-hybridized carbons (Fsp3) is 0.235. The topological polar surface area (TPSA) is 12.2 Å². The standard InChI is InChI=1S/C17H18NO/c1-12-8-14(3)17-15(9-12)10-18(11-19-17)16-7-5-4-6-13(16)2/h4-10H,11H2,1-3H3/q+1. The van der Waals surface area contributed by atoms with Gasteiger partial charge in [0.2, 0.25) is 5.69 Å². The van der Waals surface area contributed by atoms with E-state index in [-0.39, 0.29) is 0 Å². The van der Waals surface area contributed by atoms with Gasteiger partial charge >= 0.3 is 0 Å². The van der Waals surface area contributed by atoms with Crippen LogP contribution in [0.25, 0.3) is 0 Å². The summed E-state index contributed by atoms with van der Waals surface area (Å²) in [5.74, 6) is 1.01. The second-order valence-corrected chi connectivity index (χ2v) is 5.16. The summed E-state index contributed by atoms with van der Waals surface area (Å²) < 4.78 is 8.09. The van der Waals surface area contributed by atoms with Gasteiger partial charge in [-0.15, -0.1) is 0 Å². The number of hydrogen-bond acceptors (Lipinski definition) is 1. The van der Waals surface area contributed by atoms with Gasteiger partial charge in [0.25, 0.3) is 6.73 Å². The molecule has 1 heterocycles. The fourth-order valence-electron chi connectivity index (χ4n) is 2.64. The molecule has 0 spiro atoms. The molecule has 0 fully saturated rings. The summed E-state index contributed by atoms with van der Waals surface area (Å²) in [7, 11) is 0. The third-order valence-corrected chi connectivity index (χ3v) is 3.52. The van der Waals surface area contributed by atoms with Crippen molar-refractivity contribution in [2.45, 2.75) is 20.8 Å². The molecule has 0 saturated carbocycles. The minimum atomic E-state index is 0.571. The van der Waals surface area contributed by atoms with E-state index >= 15 is 0 Å². The molecule has 2 aromatic carbocycles. The van der Waals surface area contributed by atoms with E-state index in [2.05, 4.69) is 68.0 Å². The zero-order valence-electron chi connectivity index (χ0n) is 11.6. The second-order valence-electron chi connectivity index (χ2n) is 5.16. The number of benzene rings is 2. The van der Waals surface area contributed by atoms with Crippen LogP contribution in [0, 0.1) is 20.8 Å². The third kappa shape index (κ3) is 2.14. The maximum atomic E-state index is 5.93. The van der Waals surface area contributed by atoms with E-state index in [0.717, 1.165) is 11.3 Å². The van der Waals surface area contributed by atoms with E-state index in [1.54, 1.807) is 0 Å². The van der Waals surface area contributed by atoms with Gasteiger partial charge in [0.15, 0.2) is 6.21 Å². The van der Waals surface area contributed by atoms with Gasteiger partial charge in [0.1, 0.15) is 5.75 Å². The maximum absolute atomic E-state index is 5.93. The Balaban J connectivity index is 2.12. The Bertz CT molecular complexity index is 671. The molecule has 0 atom stereocenters. The first-order valence-corrected chi connectivity index (χ1v) is 6.56. The second kappa shape index (κ2) is 4.54. The first-order chi connectivity index (χ1) is 9.15. The Hall–Kier alpha value is -2.09. The molecule has 0 bridgehead atoms. The Kier molecular flexibility index (Phi) is 2.86. The summed E-state index contributed by atoms with van der Waals surface area (Å²) in [5, 5.41) is 0. The van der Waals surface area contributed by atoms with Gasteiger partial charge in [-0.3, -0.25) is 0 Å². The van der Waals surface area contributed by atoms with Crippen LogP contribution in [0.1, 0.15) is 22.3 Å². The zero-order valence-corrected chi connectivity index (χ0v) is 11.6. The number of rotatable bonds is 1. The molecule has 1 aliphatic heterocycles. The highest BCUT2D eigenvalue weighted by molar-refractivity contribution is 5.82. The molecular formula is C17H18NO+. The van der Waals surface area contributed by atoms with Gasteiger partial charge in [-0.25, -0.2) is 0 Å². The van der Waals surface area contributed by atoms with Crippen molar-refractivity contribution in [1.29, 1.82) is 0 Å². The number of nitrogens with zero attached hydrogens (tertiary/aromatic N) is 1. The summed E-state index contributed by atoms with van der Waals surface area (Å²) >= 11 is 0. The van der Waals surface area contributed by atoms with E-state index in [9.17, 15) is 0 Å². The van der Waals surface area contributed by atoms with Gasteiger partial charge in [-0.1, -0.05) is 24.3 Å². The summed E-state index contributed by atoms with van der Waals surface area (Å²) in [4.78, 5) is 0. The predicted octanol–water partition coefficient (Wildman–Crippen LogP) is 3.72. The Morgan fingerprint density at radius 3 is 2.58 bits per heavy atom. The number of para-hydroxylation sites is 1. The van der Waals surface area contributed by atoms with Crippen LogP contribution in [0.15, 0.2) is 36.4 Å². The molecule has 19 heavy (non-hydrogen) atoms. The van der Waals surface area contributed by atoms with E-state index in [1.807, 2.05) is 0 Å². The lowest BCUT2D eigenvalue weighted by atomic mass is 10.1. The minimum absolute atomic E-state index is 0.571. The van der Waals surface area contributed by atoms with E-state index < -0.39 is 0 Å². The number of fused-ring (bicyclic) bond motifs is 1. The molecule has 1 aliphatic rings. The molecule has 2 nitrogen and oxygen atoms in total. The van der Waals surface area contributed by atoms with Crippen molar-refractivity contribution >= 4 is 11.9 Å². The monoisotopic (exact) mass is 252 g/mol. The zero-order chi connectivity index (χ0) is 13.4. The van der Waals surface area contributed by atoms with Gasteiger partial charge in [0.05, 0.1) is 5.56 Å². The molecule has 0 unspecified atom stereocenters. The van der Waals surface area contributed by atoms with Gasteiger partial charge in [-0.05, 0) is 38.0 Å². The summed E-state index contributed by atoms with van der Waals surface area (Å²) in [6.45, 7) is 6.92. The maximum Gasteiger partial charge on any atom is 0.292 e. The van der Waals surface area contributed by atoms with Crippen LogP contribution in [0.4, 0.5) is 5.69 Å². The van der Waals surface area contributed by atoms with Crippen LogP contribution >= 0.6 is 0 Å². The van der Waals surface area contributed by atoms with Crippen LogP contribution in [0.5, 0.6) is 5.75 Å². The molecule has 0 aromatic heterocycles. The predicted molar refractivity (Wildman–Crippen MR) is 77.7 cm³/mol. The van der Waals surface area contributed by atoms with Crippen LogP contribution in [0.3, 0.4) is 0 Å². The van der Waals surface area contributed by atoms with Crippen molar-refractivity contribution in [3.63, 3.8) is 0 Å². The van der Waals surface area contributed by atoms with Crippen LogP contribution in [0.2, 0.25) is 0 Å². The average molecular weight is 252 g/mol. The van der Waals surface area contributed by atoms with E-state index in [4.69, 9.17) is 4.74 Å². The SMILES string of the molecule is Cc1cc(C)c2c(c1)C=[N+](c1ccccc1C)CO2. The fourth-order valence-corrected chi connectivity index (χ4v) is 2.64. The van der Waals surface area contributed by atoms with E-state index in [1.165, 1.54) is 22.4 Å². The molecule has 2 aromatic rings. The van der Waals surface area contributed by atoms with E-state index in [0.29, 0.717) is 6.73 Å². The summed E-state index contributed by atoms with van der Waals surface area (Å²) in [6, 6.07) is 12.7. The first-order valence-electron chi connectivity index (χ1n) is 6.56. The molecule has 0 aliphatic carbocycles. The van der Waals surface area contributed by atoms with Crippen molar-refractivity contribution in [3.05, 3.63) is 58.7 Å². The average Bonchev–Trinajstić information content (AvgIpc) is 2.38. The Labute approximate surface area is 114 Å². The van der Waals surface area contributed by atoms with Crippen molar-refractivity contribution in [2.75, 3.05) is 6.73 Å². The largest absolute Gasteiger partial charge is 0.435 e. The molecule has 0 radical (unpaired) electrons. The van der Waals surface area contributed by atoms with Crippen LogP contribution in [-0.4, -0.2) is 17.5 Å². The molecule has 96 valence electrons. The quantitative estimate of drug-likeness (QED) is 0.704. The Morgan fingerprint density at radius 1 is 1.00 bits per heavy atom. The van der Waals surface area contributed by atoms with Crippen molar-refractivity contribution in [2.24, 2.45) is 0 Å². The molecule has 0 saturated heterocycles. The molecule has 2 heteroatoms. The highest BCUT2D eigenvalue weighted by Crippen LogP contribution is 2.28. The van der Waals surface area contributed by atoms with Crippen LogP contribution in [-0.2, 0) is 0 Å². The number of aryl methyl sites for hydroxylation is 3.